The number of carboxylic acids is 1. The molecule has 16 heavy (non-hydrogen) atoms. The van der Waals surface area contributed by atoms with Gasteiger partial charge in [0.2, 0.25) is 5.91 Å². The van der Waals surface area contributed by atoms with Gasteiger partial charge >= 0.3 is 5.97 Å². The lowest BCUT2D eigenvalue weighted by atomic mass is 10.1. The summed E-state index contributed by atoms with van der Waals surface area (Å²) in [5.41, 5.74) is 0. The zero-order valence-corrected chi connectivity index (χ0v) is 9.01. The highest BCUT2D eigenvalue weighted by Gasteiger charge is 2.25. The van der Waals surface area contributed by atoms with Crippen LogP contribution in [-0.4, -0.2) is 35.0 Å². The summed E-state index contributed by atoms with van der Waals surface area (Å²) >= 11 is 0. The zero-order valence-electron chi connectivity index (χ0n) is 9.01. The van der Waals surface area contributed by atoms with Gasteiger partial charge < -0.3 is 10.0 Å². The molecule has 6 nitrogen and oxygen atoms in total. The Morgan fingerprint density at radius 3 is 2.00 bits per heavy atom. The van der Waals surface area contributed by atoms with Gasteiger partial charge in [0.1, 0.15) is 5.92 Å². The van der Waals surface area contributed by atoms with Crippen molar-refractivity contribution in [2.45, 2.75) is 19.8 Å². The molecular formula is C10H13N3O3. The van der Waals surface area contributed by atoms with E-state index in [1.807, 2.05) is 12.1 Å². The van der Waals surface area contributed by atoms with E-state index < -0.39 is 17.8 Å². The van der Waals surface area contributed by atoms with E-state index in [9.17, 15) is 9.59 Å². The maximum Gasteiger partial charge on any atom is 0.315 e. The lowest BCUT2D eigenvalue weighted by Gasteiger charge is -2.22. The maximum atomic E-state index is 11.6. The van der Waals surface area contributed by atoms with Gasteiger partial charge in [-0.2, -0.15) is 10.5 Å². The first-order valence-corrected chi connectivity index (χ1v) is 4.80. The standard InChI is InChI=1S/C10H13N3O3/c1-8(10(15)16)9(14)13(6-2-4-11)7-3-5-12/h8H,2-3,6-7H2,1H3,(H,15,16). The second-order valence-electron chi connectivity index (χ2n) is 3.20. The van der Waals surface area contributed by atoms with Crippen LogP contribution in [0, 0.1) is 28.6 Å². The molecule has 86 valence electrons. The van der Waals surface area contributed by atoms with Crippen LogP contribution in [0.3, 0.4) is 0 Å². The minimum Gasteiger partial charge on any atom is -0.481 e. The maximum absolute atomic E-state index is 11.6. The van der Waals surface area contributed by atoms with Crippen molar-refractivity contribution in [3.8, 4) is 12.1 Å². The van der Waals surface area contributed by atoms with Crippen molar-refractivity contribution < 1.29 is 14.7 Å². The van der Waals surface area contributed by atoms with E-state index in [0.29, 0.717) is 0 Å². The molecule has 0 spiro atoms. The largest absolute Gasteiger partial charge is 0.481 e. The van der Waals surface area contributed by atoms with Crippen molar-refractivity contribution in [3.05, 3.63) is 0 Å². The number of carboxylic acid groups (broad SMARTS) is 1. The highest BCUT2D eigenvalue weighted by molar-refractivity contribution is 5.96. The van der Waals surface area contributed by atoms with Gasteiger partial charge in [-0.3, -0.25) is 9.59 Å². The molecule has 1 amide bonds. The summed E-state index contributed by atoms with van der Waals surface area (Å²) in [4.78, 5) is 23.5. The molecule has 0 aromatic heterocycles. The molecule has 0 radical (unpaired) electrons. The van der Waals surface area contributed by atoms with Gasteiger partial charge in [-0.05, 0) is 6.92 Å². The number of carbonyl (C=O) groups is 2. The lowest BCUT2D eigenvalue weighted by Crippen LogP contribution is -2.39. The van der Waals surface area contributed by atoms with Gasteiger partial charge in [-0.25, -0.2) is 0 Å². The van der Waals surface area contributed by atoms with Crippen molar-refractivity contribution in [3.63, 3.8) is 0 Å². The smallest absolute Gasteiger partial charge is 0.315 e. The van der Waals surface area contributed by atoms with Crippen molar-refractivity contribution in [2.75, 3.05) is 13.1 Å². The molecule has 0 aliphatic carbocycles. The molecule has 0 aromatic rings. The predicted octanol–water partition coefficient (Wildman–Crippen LogP) is 0.363. The topological polar surface area (TPSA) is 105 Å². The fourth-order valence-corrected chi connectivity index (χ4v) is 1.08. The molecule has 0 bridgehead atoms. The number of hydrogen-bond donors (Lipinski definition) is 1. The van der Waals surface area contributed by atoms with Gasteiger partial charge in [-0.1, -0.05) is 0 Å². The number of aliphatic carboxylic acids is 1. The zero-order chi connectivity index (χ0) is 12.6. The molecule has 0 aliphatic rings. The molecule has 0 saturated carbocycles. The van der Waals surface area contributed by atoms with Crippen LogP contribution < -0.4 is 0 Å². The van der Waals surface area contributed by atoms with Gasteiger partial charge in [0, 0.05) is 13.1 Å². The first kappa shape index (κ1) is 13.9. The lowest BCUT2D eigenvalue weighted by molar-refractivity contribution is -0.150. The Morgan fingerprint density at radius 1 is 1.25 bits per heavy atom. The molecule has 0 rings (SSSR count). The van der Waals surface area contributed by atoms with Crippen molar-refractivity contribution >= 4 is 11.9 Å². The monoisotopic (exact) mass is 223 g/mol. The van der Waals surface area contributed by atoms with Gasteiger partial charge in [-0.15, -0.1) is 0 Å². The second kappa shape index (κ2) is 7.24. The highest BCUT2D eigenvalue weighted by atomic mass is 16.4. The molecule has 1 unspecified atom stereocenters. The van der Waals surface area contributed by atoms with Crippen LogP contribution >= 0.6 is 0 Å². The van der Waals surface area contributed by atoms with E-state index in [-0.39, 0.29) is 25.9 Å². The normalized spacial score (nSPS) is 10.9. The fraction of sp³-hybridized carbons (Fsp3) is 0.600. The Kier molecular flexibility index (Phi) is 6.30. The second-order valence-corrected chi connectivity index (χ2v) is 3.20. The van der Waals surface area contributed by atoms with Crippen LogP contribution in [0.25, 0.3) is 0 Å². The minimum absolute atomic E-state index is 0.128. The first-order valence-electron chi connectivity index (χ1n) is 4.80. The SMILES string of the molecule is CC(C(=O)O)C(=O)N(CCC#N)CCC#N. The third-order valence-electron chi connectivity index (χ3n) is 2.04. The highest BCUT2D eigenvalue weighted by Crippen LogP contribution is 2.04. The summed E-state index contributed by atoms with van der Waals surface area (Å²) in [6, 6.07) is 3.75. The summed E-state index contributed by atoms with van der Waals surface area (Å²) in [6.45, 7) is 1.61. The van der Waals surface area contributed by atoms with Crippen LogP contribution in [-0.2, 0) is 9.59 Å². The molecule has 0 aliphatic heterocycles. The molecular weight excluding hydrogens is 210 g/mol. The Bertz CT molecular complexity index is 322. The van der Waals surface area contributed by atoms with Crippen molar-refractivity contribution in [1.82, 2.24) is 4.90 Å². The summed E-state index contributed by atoms with van der Waals surface area (Å²) in [5.74, 6) is -2.90. The van der Waals surface area contributed by atoms with Crippen LogP contribution in [0.1, 0.15) is 19.8 Å². The number of amides is 1. The molecule has 0 aromatic carbocycles. The number of nitriles is 2. The number of rotatable bonds is 6. The third kappa shape index (κ3) is 4.43. The van der Waals surface area contributed by atoms with Gasteiger partial charge in [0.25, 0.3) is 0 Å². The van der Waals surface area contributed by atoms with Crippen LogP contribution in [0.5, 0.6) is 0 Å². The third-order valence-corrected chi connectivity index (χ3v) is 2.04. The minimum atomic E-state index is -1.20. The van der Waals surface area contributed by atoms with E-state index in [2.05, 4.69) is 0 Å². The summed E-state index contributed by atoms with van der Waals surface area (Å²) in [5, 5.41) is 25.5. The van der Waals surface area contributed by atoms with E-state index in [1.54, 1.807) is 0 Å². The quantitative estimate of drug-likeness (QED) is 0.654. The molecule has 6 heteroatoms. The average Bonchev–Trinajstić information content (AvgIpc) is 2.27. The van der Waals surface area contributed by atoms with Crippen LogP contribution in [0.15, 0.2) is 0 Å². The Labute approximate surface area is 93.7 Å². The summed E-state index contributed by atoms with van der Waals surface area (Å²) in [6.07, 6.45) is 0.257. The molecule has 0 fully saturated rings. The molecule has 1 atom stereocenters. The van der Waals surface area contributed by atoms with Gasteiger partial charge in [0.05, 0.1) is 25.0 Å². The predicted molar refractivity (Wildman–Crippen MR) is 53.8 cm³/mol. The first-order chi connectivity index (χ1) is 7.54. The van der Waals surface area contributed by atoms with E-state index in [4.69, 9.17) is 15.6 Å². The molecule has 0 heterocycles. The Balaban J connectivity index is 4.50. The molecule has 0 saturated heterocycles. The van der Waals surface area contributed by atoms with Crippen LogP contribution in [0.4, 0.5) is 0 Å². The average molecular weight is 223 g/mol. The molecule has 1 N–H and O–H groups in total. The number of nitrogens with zero attached hydrogens (tertiary/aromatic N) is 3. The van der Waals surface area contributed by atoms with Crippen LogP contribution in [0.2, 0.25) is 0 Å². The fourth-order valence-electron chi connectivity index (χ4n) is 1.08. The Hall–Kier alpha value is -2.08. The Morgan fingerprint density at radius 2 is 1.69 bits per heavy atom. The van der Waals surface area contributed by atoms with E-state index >= 15 is 0 Å². The number of carbonyl (C=O) groups excluding carboxylic acids is 1. The van der Waals surface area contributed by atoms with Crippen molar-refractivity contribution in [1.29, 1.82) is 10.5 Å². The summed E-state index contributed by atoms with van der Waals surface area (Å²) < 4.78 is 0. The van der Waals surface area contributed by atoms with Gasteiger partial charge in [0.15, 0.2) is 0 Å². The van der Waals surface area contributed by atoms with Crippen molar-refractivity contribution in [2.24, 2.45) is 5.92 Å². The number of hydrogen-bond acceptors (Lipinski definition) is 4. The van der Waals surface area contributed by atoms with E-state index in [0.717, 1.165) is 0 Å². The summed E-state index contributed by atoms with van der Waals surface area (Å²) in [7, 11) is 0. The van der Waals surface area contributed by atoms with E-state index in [1.165, 1.54) is 11.8 Å².